The van der Waals surface area contributed by atoms with Crippen molar-refractivity contribution < 1.29 is 12.8 Å². The maximum absolute atomic E-state index is 12.2. The fraction of sp³-hybridized carbons (Fsp3) is 0.667. The maximum Gasteiger partial charge on any atom is 0.245 e. The van der Waals surface area contributed by atoms with Crippen LogP contribution in [0.25, 0.3) is 0 Å². The minimum absolute atomic E-state index is 0.157. The predicted octanol–water partition coefficient (Wildman–Crippen LogP) is 1.14. The minimum Gasteiger partial charge on any atom is -0.452 e. The first-order valence-electron chi connectivity index (χ1n) is 6.68. The first-order valence-corrected chi connectivity index (χ1v) is 8.95. The van der Waals surface area contributed by atoms with Crippen molar-refractivity contribution in [2.45, 2.75) is 24.3 Å². The van der Waals surface area contributed by atoms with E-state index >= 15 is 0 Å². The van der Waals surface area contributed by atoms with E-state index in [2.05, 4.69) is 30.9 Å². The van der Waals surface area contributed by atoms with Crippen molar-refractivity contribution in [1.82, 2.24) is 14.9 Å². The molecule has 114 valence electrons. The monoisotopic (exact) mass is 365 g/mol. The van der Waals surface area contributed by atoms with Crippen LogP contribution in [0.1, 0.15) is 18.6 Å². The molecule has 1 saturated heterocycles. The Morgan fingerprint density at radius 3 is 2.75 bits per heavy atom. The van der Waals surface area contributed by atoms with E-state index in [0.717, 1.165) is 19.6 Å². The van der Waals surface area contributed by atoms with Gasteiger partial charge >= 0.3 is 0 Å². The normalized spacial score (nSPS) is 16.9. The highest BCUT2D eigenvalue weighted by molar-refractivity contribution is 9.10. The molecular weight excluding hydrogens is 346 g/mol. The zero-order valence-electron chi connectivity index (χ0n) is 11.5. The maximum atomic E-state index is 12.2. The Kier molecular flexibility index (Phi) is 5.62. The van der Waals surface area contributed by atoms with Gasteiger partial charge in [-0.3, -0.25) is 0 Å². The van der Waals surface area contributed by atoms with E-state index in [1.165, 1.54) is 12.8 Å². The molecule has 1 aromatic rings. The van der Waals surface area contributed by atoms with E-state index in [1.54, 1.807) is 13.1 Å². The highest BCUT2D eigenvalue weighted by atomic mass is 79.9. The lowest BCUT2D eigenvalue weighted by Gasteiger charge is -2.14. The van der Waals surface area contributed by atoms with Gasteiger partial charge in [-0.2, -0.15) is 0 Å². The summed E-state index contributed by atoms with van der Waals surface area (Å²) in [6, 6.07) is 1.54. The van der Waals surface area contributed by atoms with Gasteiger partial charge in [0.15, 0.2) is 4.67 Å². The molecule has 2 N–H and O–H groups in total. The van der Waals surface area contributed by atoms with Crippen LogP contribution < -0.4 is 10.0 Å². The number of rotatable bonds is 7. The Labute approximate surface area is 128 Å². The molecule has 20 heavy (non-hydrogen) atoms. The Balaban J connectivity index is 1.94. The van der Waals surface area contributed by atoms with Gasteiger partial charge in [0.05, 0.1) is 6.54 Å². The second-order valence-electron chi connectivity index (χ2n) is 4.83. The lowest BCUT2D eigenvalue weighted by Crippen LogP contribution is -2.33. The van der Waals surface area contributed by atoms with Gasteiger partial charge in [-0.25, -0.2) is 13.1 Å². The van der Waals surface area contributed by atoms with Gasteiger partial charge in [0.1, 0.15) is 10.7 Å². The molecule has 0 bridgehead atoms. The molecule has 8 heteroatoms. The van der Waals surface area contributed by atoms with Crippen molar-refractivity contribution in [3.63, 3.8) is 0 Å². The molecule has 1 aliphatic rings. The van der Waals surface area contributed by atoms with Crippen LogP contribution in [-0.4, -0.2) is 46.5 Å². The van der Waals surface area contributed by atoms with Crippen LogP contribution in [0.4, 0.5) is 0 Å². The second kappa shape index (κ2) is 7.04. The number of nitrogens with one attached hydrogen (secondary N) is 2. The van der Waals surface area contributed by atoms with Gasteiger partial charge in [-0.1, -0.05) is 0 Å². The smallest absolute Gasteiger partial charge is 0.245 e. The van der Waals surface area contributed by atoms with Crippen molar-refractivity contribution in [3.05, 3.63) is 16.5 Å². The Morgan fingerprint density at radius 1 is 1.40 bits per heavy atom. The number of hydrogen-bond acceptors (Lipinski definition) is 5. The van der Waals surface area contributed by atoms with Gasteiger partial charge in [0.2, 0.25) is 10.0 Å². The fourth-order valence-corrected chi connectivity index (χ4v) is 4.28. The third-order valence-corrected chi connectivity index (χ3v) is 5.58. The Hall–Kier alpha value is -0.410. The summed E-state index contributed by atoms with van der Waals surface area (Å²) in [5.41, 5.74) is 0. The Bertz CT molecular complexity index is 538. The summed E-state index contributed by atoms with van der Waals surface area (Å²) in [6.07, 6.45) is 2.40. The van der Waals surface area contributed by atoms with E-state index in [-0.39, 0.29) is 9.56 Å². The molecule has 0 radical (unpaired) electrons. The van der Waals surface area contributed by atoms with Crippen molar-refractivity contribution in [2.75, 3.05) is 33.2 Å². The van der Waals surface area contributed by atoms with Crippen molar-refractivity contribution in [2.24, 2.45) is 0 Å². The third kappa shape index (κ3) is 4.05. The van der Waals surface area contributed by atoms with Gasteiger partial charge < -0.3 is 14.6 Å². The van der Waals surface area contributed by atoms with Gasteiger partial charge in [-0.15, -0.1) is 0 Å². The molecule has 0 atom stereocenters. The quantitative estimate of drug-likeness (QED) is 0.757. The minimum atomic E-state index is -3.53. The number of halogens is 1. The number of furan rings is 1. The molecule has 1 aliphatic heterocycles. The summed E-state index contributed by atoms with van der Waals surface area (Å²) in [6.45, 7) is 3.77. The SMILES string of the molecule is CNCc1cc(S(=O)(=O)NCCN2CCCC2)c(Br)o1. The molecule has 0 spiro atoms. The van der Waals surface area contributed by atoms with Crippen LogP contribution in [0.5, 0.6) is 0 Å². The molecule has 2 rings (SSSR count). The summed E-state index contributed by atoms with van der Waals surface area (Å²) in [5.74, 6) is 0.583. The topological polar surface area (TPSA) is 74.6 Å². The summed E-state index contributed by atoms with van der Waals surface area (Å²) >= 11 is 3.16. The van der Waals surface area contributed by atoms with Gasteiger partial charge in [0, 0.05) is 19.2 Å². The second-order valence-corrected chi connectivity index (χ2v) is 7.28. The van der Waals surface area contributed by atoms with Gasteiger partial charge in [0.25, 0.3) is 0 Å². The lowest BCUT2D eigenvalue weighted by atomic mass is 10.4. The van der Waals surface area contributed by atoms with Crippen molar-refractivity contribution >= 4 is 26.0 Å². The molecule has 1 aromatic heterocycles. The highest BCUT2D eigenvalue weighted by Crippen LogP contribution is 2.25. The first kappa shape index (κ1) is 16.0. The zero-order valence-corrected chi connectivity index (χ0v) is 13.9. The highest BCUT2D eigenvalue weighted by Gasteiger charge is 2.22. The molecule has 0 aliphatic carbocycles. The van der Waals surface area contributed by atoms with Crippen molar-refractivity contribution in [3.8, 4) is 0 Å². The zero-order chi connectivity index (χ0) is 14.6. The van der Waals surface area contributed by atoms with E-state index in [0.29, 0.717) is 18.8 Å². The molecule has 2 heterocycles. The summed E-state index contributed by atoms with van der Waals surface area (Å²) < 4.78 is 32.6. The van der Waals surface area contributed by atoms with Crippen LogP contribution in [0, 0.1) is 0 Å². The molecule has 0 amide bonds. The van der Waals surface area contributed by atoms with Crippen LogP contribution >= 0.6 is 15.9 Å². The van der Waals surface area contributed by atoms with E-state index in [4.69, 9.17) is 4.42 Å². The van der Waals surface area contributed by atoms with Crippen LogP contribution in [0.3, 0.4) is 0 Å². The number of likely N-dealkylation sites (tertiary alicyclic amines) is 1. The molecule has 0 saturated carbocycles. The third-order valence-electron chi connectivity index (χ3n) is 3.27. The molecule has 0 unspecified atom stereocenters. The standard InChI is InChI=1S/C12H20BrN3O3S/c1-14-9-10-8-11(12(13)19-10)20(17,18)15-4-7-16-5-2-3-6-16/h8,14-15H,2-7,9H2,1H3. The number of hydrogen-bond donors (Lipinski definition) is 2. The van der Waals surface area contributed by atoms with Crippen molar-refractivity contribution in [1.29, 1.82) is 0 Å². The van der Waals surface area contributed by atoms with Crippen LogP contribution in [-0.2, 0) is 16.6 Å². The summed E-state index contributed by atoms with van der Waals surface area (Å²) in [5, 5.41) is 2.92. The average Bonchev–Trinajstić information content (AvgIpc) is 2.99. The molecule has 1 fully saturated rings. The molecule has 6 nitrogen and oxygen atoms in total. The van der Waals surface area contributed by atoms with E-state index < -0.39 is 10.0 Å². The largest absolute Gasteiger partial charge is 0.452 e. The molecular formula is C12H20BrN3O3S. The summed E-state index contributed by atoms with van der Waals surface area (Å²) in [7, 11) is -1.75. The number of sulfonamides is 1. The number of nitrogens with zero attached hydrogens (tertiary/aromatic N) is 1. The van der Waals surface area contributed by atoms with Crippen LogP contribution in [0.15, 0.2) is 20.0 Å². The van der Waals surface area contributed by atoms with Crippen LogP contribution in [0.2, 0.25) is 0 Å². The fourth-order valence-electron chi connectivity index (χ4n) is 2.26. The molecule has 0 aromatic carbocycles. The van der Waals surface area contributed by atoms with E-state index in [9.17, 15) is 8.42 Å². The lowest BCUT2D eigenvalue weighted by molar-refractivity contribution is 0.344. The predicted molar refractivity (Wildman–Crippen MR) is 80.0 cm³/mol. The average molecular weight is 366 g/mol. The van der Waals surface area contributed by atoms with Gasteiger partial charge in [-0.05, 0) is 48.9 Å². The first-order chi connectivity index (χ1) is 9.53. The Morgan fingerprint density at radius 2 is 2.10 bits per heavy atom. The summed E-state index contributed by atoms with van der Waals surface area (Å²) in [4.78, 5) is 2.42. The van der Waals surface area contributed by atoms with E-state index in [1.807, 2.05) is 0 Å².